The van der Waals surface area contributed by atoms with E-state index in [-0.39, 0.29) is 12.0 Å². The molecule has 0 amide bonds. The zero-order valence-corrected chi connectivity index (χ0v) is 13.0. The van der Waals surface area contributed by atoms with E-state index < -0.39 is 0 Å². The maximum atomic E-state index is 9.04. The third-order valence-electron chi connectivity index (χ3n) is 3.78. The highest BCUT2D eigenvalue weighted by Gasteiger charge is 2.18. The first kappa shape index (κ1) is 16.2. The van der Waals surface area contributed by atoms with Crippen molar-refractivity contribution in [3.63, 3.8) is 0 Å². The molecule has 0 heterocycles. The Morgan fingerprint density at radius 1 is 1.05 bits per heavy atom. The molecule has 0 aliphatic rings. The number of nitrogens with one attached hydrogen (secondary N) is 1. The Morgan fingerprint density at radius 2 is 1.58 bits per heavy atom. The number of aliphatic hydroxyl groups is 1. The van der Waals surface area contributed by atoms with E-state index in [1.807, 2.05) is 0 Å². The van der Waals surface area contributed by atoms with Crippen LogP contribution in [0.3, 0.4) is 0 Å². The van der Waals surface area contributed by atoms with Gasteiger partial charge in [-0.1, -0.05) is 52.0 Å². The first-order valence-electron chi connectivity index (χ1n) is 7.30. The van der Waals surface area contributed by atoms with Gasteiger partial charge < -0.3 is 10.4 Å². The Hall–Kier alpha value is -0.860. The van der Waals surface area contributed by atoms with E-state index in [2.05, 4.69) is 64.2 Å². The third-order valence-corrected chi connectivity index (χ3v) is 3.78. The fourth-order valence-electron chi connectivity index (χ4n) is 2.11. The number of benzene rings is 1. The second kappa shape index (κ2) is 7.06. The smallest absolute Gasteiger partial charge is 0.0436 e. The molecule has 1 aromatic carbocycles. The van der Waals surface area contributed by atoms with E-state index in [1.165, 1.54) is 11.1 Å². The van der Waals surface area contributed by atoms with E-state index in [1.54, 1.807) is 0 Å². The van der Waals surface area contributed by atoms with Crippen molar-refractivity contribution in [2.24, 2.45) is 5.41 Å². The van der Waals surface area contributed by atoms with Crippen molar-refractivity contribution < 1.29 is 5.11 Å². The van der Waals surface area contributed by atoms with Crippen LogP contribution in [0, 0.1) is 5.41 Å². The van der Waals surface area contributed by atoms with Gasteiger partial charge >= 0.3 is 0 Å². The van der Waals surface area contributed by atoms with E-state index >= 15 is 0 Å². The predicted molar refractivity (Wildman–Crippen MR) is 82.4 cm³/mol. The van der Waals surface area contributed by atoms with E-state index in [0.29, 0.717) is 12.0 Å². The molecule has 2 N–H and O–H groups in total. The zero-order valence-electron chi connectivity index (χ0n) is 13.0. The Balaban J connectivity index is 2.56. The summed E-state index contributed by atoms with van der Waals surface area (Å²) in [6.45, 7) is 12.2. The van der Waals surface area contributed by atoms with Gasteiger partial charge in [-0.3, -0.25) is 0 Å². The summed E-state index contributed by atoms with van der Waals surface area (Å²) < 4.78 is 0. The van der Waals surface area contributed by atoms with Gasteiger partial charge in [0.15, 0.2) is 0 Å². The van der Waals surface area contributed by atoms with Gasteiger partial charge in [0.05, 0.1) is 0 Å². The van der Waals surface area contributed by atoms with Gasteiger partial charge in [0.25, 0.3) is 0 Å². The average Bonchev–Trinajstić information content (AvgIpc) is 2.36. The van der Waals surface area contributed by atoms with Crippen LogP contribution >= 0.6 is 0 Å². The third kappa shape index (κ3) is 5.33. The topological polar surface area (TPSA) is 32.3 Å². The summed E-state index contributed by atoms with van der Waals surface area (Å²) in [4.78, 5) is 0. The SMILES string of the molecule is CC(C)c1ccc(C(C)NCC(C)(C)CCO)cc1. The van der Waals surface area contributed by atoms with Crippen molar-refractivity contribution in [3.05, 3.63) is 35.4 Å². The molecule has 0 spiro atoms. The minimum atomic E-state index is 0.140. The first-order chi connectivity index (χ1) is 8.85. The summed E-state index contributed by atoms with van der Waals surface area (Å²) in [6, 6.07) is 9.21. The molecule has 2 heteroatoms. The van der Waals surface area contributed by atoms with Crippen LogP contribution in [-0.2, 0) is 0 Å². The van der Waals surface area contributed by atoms with Gasteiger partial charge in [-0.05, 0) is 35.8 Å². The Labute approximate surface area is 118 Å². The van der Waals surface area contributed by atoms with E-state index in [4.69, 9.17) is 5.11 Å². The largest absolute Gasteiger partial charge is 0.396 e. The summed E-state index contributed by atoms with van der Waals surface area (Å²) in [5, 5.41) is 12.6. The molecule has 0 bridgehead atoms. The lowest BCUT2D eigenvalue weighted by atomic mass is 9.89. The summed E-state index contributed by atoms with van der Waals surface area (Å²) in [6.07, 6.45) is 0.832. The Morgan fingerprint density at radius 3 is 2.05 bits per heavy atom. The fraction of sp³-hybridized carbons (Fsp3) is 0.647. The summed E-state index contributed by atoms with van der Waals surface area (Å²) in [7, 11) is 0. The van der Waals surface area contributed by atoms with E-state index in [0.717, 1.165) is 13.0 Å². The highest BCUT2D eigenvalue weighted by molar-refractivity contribution is 5.26. The number of aliphatic hydroxyl groups excluding tert-OH is 1. The molecule has 2 nitrogen and oxygen atoms in total. The molecule has 0 saturated carbocycles. The highest BCUT2D eigenvalue weighted by atomic mass is 16.3. The van der Waals surface area contributed by atoms with Crippen LogP contribution < -0.4 is 5.32 Å². The number of rotatable bonds is 7. The lowest BCUT2D eigenvalue weighted by molar-refractivity contribution is 0.204. The van der Waals surface area contributed by atoms with Gasteiger partial charge in [0.1, 0.15) is 0 Å². The van der Waals surface area contributed by atoms with Crippen molar-refractivity contribution in [3.8, 4) is 0 Å². The summed E-state index contributed by atoms with van der Waals surface area (Å²) in [5.74, 6) is 0.584. The minimum absolute atomic E-state index is 0.140. The predicted octanol–water partition coefficient (Wildman–Crippen LogP) is 3.87. The van der Waals surface area contributed by atoms with Crippen LogP contribution in [0.1, 0.15) is 64.1 Å². The second-order valence-corrected chi connectivity index (χ2v) is 6.56. The van der Waals surface area contributed by atoms with Gasteiger partial charge in [-0.25, -0.2) is 0 Å². The molecular weight excluding hydrogens is 234 g/mol. The molecular formula is C17H29NO. The lowest BCUT2D eigenvalue weighted by Crippen LogP contribution is -2.32. The van der Waals surface area contributed by atoms with E-state index in [9.17, 15) is 0 Å². The summed E-state index contributed by atoms with van der Waals surface area (Å²) >= 11 is 0. The molecule has 19 heavy (non-hydrogen) atoms. The number of hydrogen-bond donors (Lipinski definition) is 2. The standard InChI is InChI=1S/C17H29NO/c1-13(2)15-6-8-16(9-7-15)14(3)18-12-17(4,5)10-11-19/h6-9,13-14,18-19H,10-12H2,1-5H3. The van der Waals surface area contributed by atoms with Crippen molar-refractivity contribution in [1.82, 2.24) is 5.32 Å². The molecule has 1 aromatic rings. The van der Waals surface area contributed by atoms with Crippen molar-refractivity contribution in [1.29, 1.82) is 0 Å². The molecule has 0 fully saturated rings. The van der Waals surface area contributed by atoms with Crippen LogP contribution in [0.15, 0.2) is 24.3 Å². The van der Waals surface area contributed by atoms with Crippen LogP contribution in [0.2, 0.25) is 0 Å². The van der Waals surface area contributed by atoms with Crippen LogP contribution in [-0.4, -0.2) is 18.3 Å². The minimum Gasteiger partial charge on any atom is -0.396 e. The van der Waals surface area contributed by atoms with Crippen LogP contribution in [0.25, 0.3) is 0 Å². The quantitative estimate of drug-likeness (QED) is 0.782. The molecule has 0 aliphatic carbocycles. The second-order valence-electron chi connectivity index (χ2n) is 6.56. The molecule has 1 unspecified atom stereocenters. The van der Waals surface area contributed by atoms with Gasteiger partial charge in [-0.15, -0.1) is 0 Å². The monoisotopic (exact) mass is 263 g/mol. The fourth-order valence-corrected chi connectivity index (χ4v) is 2.11. The zero-order chi connectivity index (χ0) is 14.5. The first-order valence-corrected chi connectivity index (χ1v) is 7.30. The molecule has 0 aliphatic heterocycles. The van der Waals surface area contributed by atoms with Crippen molar-refractivity contribution >= 4 is 0 Å². The molecule has 1 atom stereocenters. The van der Waals surface area contributed by atoms with Crippen LogP contribution in [0.4, 0.5) is 0 Å². The maximum absolute atomic E-state index is 9.04. The van der Waals surface area contributed by atoms with Gasteiger partial charge in [0.2, 0.25) is 0 Å². The molecule has 0 radical (unpaired) electrons. The normalized spacial score (nSPS) is 13.8. The lowest BCUT2D eigenvalue weighted by Gasteiger charge is -2.26. The van der Waals surface area contributed by atoms with Crippen LogP contribution in [0.5, 0.6) is 0 Å². The molecule has 0 saturated heterocycles. The Kier molecular flexibility index (Phi) is 6.02. The maximum Gasteiger partial charge on any atom is 0.0436 e. The summed E-state index contributed by atoms with van der Waals surface area (Å²) in [5.41, 5.74) is 2.85. The highest BCUT2D eigenvalue weighted by Crippen LogP contribution is 2.22. The molecule has 1 rings (SSSR count). The molecule has 0 aromatic heterocycles. The number of hydrogen-bond acceptors (Lipinski definition) is 2. The van der Waals surface area contributed by atoms with Crippen molar-refractivity contribution in [2.45, 2.75) is 53.0 Å². The van der Waals surface area contributed by atoms with Gasteiger partial charge in [-0.2, -0.15) is 0 Å². The molecule has 108 valence electrons. The van der Waals surface area contributed by atoms with Crippen molar-refractivity contribution in [2.75, 3.05) is 13.2 Å². The van der Waals surface area contributed by atoms with Gasteiger partial charge in [0, 0.05) is 19.2 Å². The Bertz CT molecular complexity index is 367. The average molecular weight is 263 g/mol.